The molecule has 1 heterocycles. The molecule has 0 aliphatic carbocycles. The molecule has 0 bridgehead atoms. The number of thioether (sulfide) groups is 1. The second-order valence-corrected chi connectivity index (χ2v) is 6.76. The molecule has 1 aliphatic heterocycles. The summed E-state index contributed by atoms with van der Waals surface area (Å²) >= 11 is 1.35. The number of hydrogen-bond acceptors (Lipinski definition) is 5. The number of aliphatic carboxylic acids is 1. The highest BCUT2D eigenvalue weighted by Crippen LogP contribution is 2.20. The van der Waals surface area contributed by atoms with Crippen LogP contribution < -0.4 is 5.32 Å². The van der Waals surface area contributed by atoms with Gasteiger partial charge in [0.05, 0.1) is 5.25 Å². The lowest BCUT2D eigenvalue weighted by molar-refractivity contribution is -0.150. The van der Waals surface area contributed by atoms with Crippen molar-refractivity contribution in [3.05, 3.63) is 47.5 Å². The summed E-state index contributed by atoms with van der Waals surface area (Å²) in [6, 6.07) is 7.60. The number of Topliss-reactive ketones (excluding diaryl/α,β-unsaturated/α-hetero) is 1. The second-order valence-electron chi connectivity index (χ2n) is 5.51. The van der Waals surface area contributed by atoms with Crippen LogP contribution in [0.3, 0.4) is 0 Å². The van der Waals surface area contributed by atoms with Crippen LogP contribution in [0.4, 0.5) is 0 Å². The van der Waals surface area contributed by atoms with E-state index in [1.54, 1.807) is 42.7 Å². The van der Waals surface area contributed by atoms with E-state index in [1.807, 2.05) is 0 Å². The molecule has 2 amide bonds. The van der Waals surface area contributed by atoms with Gasteiger partial charge in [0.25, 0.3) is 5.78 Å². The first-order valence-corrected chi connectivity index (χ1v) is 8.56. The van der Waals surface area contributed by atoms with Crippen molar-refractivity contribution in [2.75, 3.05) is 6.54 Å². The van der Waals surface area contributed by atoms with Gasteiger partial charge in [-0.25, -0.2) is 4.79 Å². The van der Waals surface area contributed by atoms with Crippen molar-refractivity contribution in [3.63, 3.8) is 0 Å². The van der Waals surface area contributed by atoms with Crippen LogP contribution in [0.15, 0.2) is 41.9 Å². The Morgan fingerprint density at radius 2 is 1.96 bits per heavy atom. The Kier molecular flexibility index (Phi) is 6.35. The molecule has 0 unspecified atom stereocenters. The minimum absolute atomic E-state index is 0.0632. The van der Waals surface area contributed by atoms with E-state index in [0.717, 1.165) is 5.56 Å². The van der Waals surface area contributed by atoms with Crippen LogP contribution >= 0.6 is 11.8 Å². The third-order valence-electron chi connectivity index (χ3n) is 3.61. The van der Waals surface area contributed by atoms with Gasteiger partial charge in [-0.15, -0.1) is 11.8 Å². The van der Waals surface area contributed by atoms with Crippen molar-refractivity contribution in [1.29, 1.82) is 0 Å². The zero-order chi connectivity index (χ0) is 18.4. The Morgan fingerprint density at radius 3 is 2.60 bits per heavy atom. The van der Waals surface area contributed by atoms with Crippen molar-refractivity contribution in [3.8, 4) is 0 Å². The van der Waals surface area contributed by atoms with Crippen molar-refractivity contribution in [2.24, 2.45) is 0 Å². The zero-order valence-electron chi connectivity index (χ0n) is 13.5. The Hall–Kier alpha value is -2.61. The molecule has 7 nitrogen and oxygen atoms in total. The molecular weight excluding hydrogens is 344 g/mol. The zero-order valence-corrected chi connectivity index (χ0v) is 14.4. The largest absolute Gasteiger partial charge is 0.475 e. The highest BCUT2D eigenvalue weighted by molar-refractivity contribution is 8.03. The number of carboxylic acids is 1. The molecule has 0 aromatic heterocycles. The van der Waals surface area contributed by atoms with Crippen LogP contribution in [0, 0.1) is 0 Å². The van der Waals surface area contributed by atoms with Crippen molar-refractivity contribution < 1.29 is 24.3 Å². The fourth-order valence-electron chi connectivity index (χ4n) is 2.33. The summed E-state index contributed by atoms with van der Waals surface area (Å²) in [5, 5.41) is 12.8. The van der Waals surface area contributed by atoms with E-state index < -0.39 is 23.7 Å². The second kappa shape index (κ2) is 8.48. The number of amides is 2. The van der Waals surface area contributed by atoms with Gasteiger partial charge >= 0.3 is 5.97 Å². The van der Waals surface area contributed by atoms with Crippen LogP contribution in [0.25, 0.3) is 0 Å². The molecule has 1 aliphatic rings. The lowest BCUT2D eigenvalue weighted by Gasteiger charge is -2.25. The molecule has 1 aromatic rings. The Balaban J connectivity index is 2.05. The fourth-order valence-corrected chi connectivity index (χ4v) is 3.03. The van der Waals surface area contributed by atoms with E-state index in [-0.39, 0.29) is 24.1 Å². The standard InChI is InChI=1S/C17H18N2O5S/c1-11-16(22)19(7-8-25-11)10-14(20)18-13(15(21)17(23)24)9-12-5-3-2-4-6-12/h2-8,11,13H,9-10H2,1H3,(H,18,20)(H,23,24)/t11-,13-/m0/s1. The van der Waals surface area contributed by atoms with Gasteiger partial charge < -0.3 is 15.3 Å². The number of benzene rings is 1. The first-order chi connectivity index (χ1) is 11.9. The van der Waals surface area contributed by atoms with Crippen molar-refractivity contribution >= 4 is 35.3 Å². The maximum Gasteiger partial charge on any atom is 0.374 e. The summed E-state index contributed by atoms with van der Waals surface area (Å²) in [4.78, 5) is 48.3. The first-order valence-electron chi connectivity index (χ1n) is 7.61. The predicted molar refractivity (Wildman–Crippen MR) is 92.6 cm³/mol. The number of nitrogens with zero attached hydrogens (tertiary/aromatic N) is 1. The summed E-state index contributed by atoms with van der Waals surface area (Å²) in [6.07, 6.45) is 1.56. The van der Waals surface area contributed by atoms with Crippen molar-refractivity contribution in [1.82, 2.24) is 10.2 Å². The number of ketones is 1. The number of carboxylic acid groups (broad SMARTS) is 1. The van der Waals surface area contributed by atoms with E-state index in [9.17, 15) is 19.2 Å². The van der Waals surface area contributed by atoms with Crippen molar-refractivity contribution in [2.45, 2.75) is 24.6 Å². The number of nitrogens with one attached hydrogen (secondary N) is 1. The minimum atomic E-state index is -1.61. The summed E-state index contributed by atoms with van der Waals surface area (Å²) in [7, 11) is 0. The molecule has 2 rings (SSSR count). The normalized spacial score (nSPS) is 17.9. The number of carbonyl (C=O) groups is 4. The quantitative estimate of drug-likeness (QED) is 0.696. The van der Waals surface area contributed by atoms with E-state index in [4.69, 9.17) is 5.11 Å². The SMILES string of the molecule is C[C@@H]1SC=CN(CC(=O)N[C@@H](Cc2ccccc2)C(=O)C(=O)O)C1=O. The average Bonchev–Trinajstić information content (AvgIpc) is 2.58. The van der Waals surface area contributed by atoms with Gasteiger partial charge in [-0.3, -0.25) is 14.4 Å². The molecule has 0 radical (unpaired) electrons. The Bertz CT molecular complexity index is 704. The number of hydrogen-bond donors (Lipinski definition) is 2. The number of rotatable bonds is 7. The third-order valence-corrected chi connectivity index (χ3v) is 4.50. The summed E-state index contributed by atoms with van der Waals surface area (Å²) in [6.45, 7) is 1.46. The summed E-state index contributed by atoms with van der Waals surface area (Å²) in [5.41, 5.74) is 0.723. The minimum Gasteiger partial charge on any atom is -0.475 e. The molecule has 0 saturated heterocycles. The topological polar surface area (TPSA) is 104 Å². The maximum absolute atomic E-state index is 12.2. The highest BCUT2D eigenvalue weighted by Gasteiger charge is 2.29. The first kappa shape index (κ1) is 18.7. The Morgan fingerprint density at radius 1 is 1.28 bits per heavy atom. The fraction of sp³-hybridized carbons (Fsp3) is 0.294. The lowest BCUT2D eigenvalue weighted by Crippen LogP contribution is -2.49. The smallest absolute Gasteiger partial charge is 0.374 e. The summed E-state index contributed by atoms with van der Waals surface area (Å²) < 4.78 is 0. The van der Waals surface area contributed by atoms with E-state index in [1.165, 1.54) is 22.9 Å². The van der Waals surface area contributed by atoms with Crippen LogP contribution in [0.1, 0.15) is 12.5 Å². The lowest BCUT2D eigenvalue weighted by atomic mass is 10.0. The predicted octanol–water partition coefficient (Wildman–Crippen LogP) is 0.803. The van der Waals surface area contributed by atoms with E-state index >= 15 is 0 Å². The number of carbonyl (C=O) groups excluding carboxylic acids is 3. The highest BCUT2D eigenvalue weighted by atomic mass is 32.2. The van der Waals surface area contributed by atoms with Crippen LogP contribution in [-0.4, -0.2) is 51.4 Å². The molecule has 0 fully saturated rings. The van der Waals surface area contributed by atoms with Gasteiger partial charge in [-0.2, -0.15) is 0 Å². The summed E-state index contributed by atoms with van der Waals surface area (Å²) in [5.74, 6) is -3.51. The average molecular weight is 362 g/mol. The Labute approximate surface area is 149 Å². The van der Waals surface area contributed by atoms with Gasteiger partial charge in [0.15, 0.2) is 0 Å². The monoisotopic (exact) mass is 362 g/mol. The van der Waals surface area contributed by atoms with Gasteiger partial charge in [0.2, 0.25) is 11.8 Å². The molecule has 2 N–H and O–H groups in total. The molecule has 1 aromatic carbocycles. The molecule has 132 valence electrons. The molecule has 0 spiro atoms. The van der Waals surface area contributed by atoms with Crippen LogP contribution in [-0.2, 0) is 25.6 Å². The van der Waals surface area contributed by atoms with Crippen LogP contribution in [0.5, 0.6) is 0 Å². The van der Waals surface area contributed by atoms with Gasteiger partial charge in [0, 0.05) is 12.6 Å². The van der Waals surface area contributed by atoms with Crippen LogP contribution in [0.2, 0.25) is 0 Å². The molecule has 25 heavy (non-hydrogen) atoms. The molecule has 8 heteroatoms. The van der Waals surface area contributed by atoms with Gasteiger partial charge in [-0.05, 0) is 17.9 Å². The molecule has 0 saturated carbocycles. The molecule has 2 atom stereocenters. The maximum atomic E-state index is 12.2. The van der Waals surface area contributed by atoms with Gasteiger partial charge in [0.1, 0.15) is 12.6 Å². The third kappa shape index (κ3) is 5.18. The molecular formula is C17H18N2O5S. The van der Waals surface area contributed by atoms with E-state index in [0.29, 0.717) is 0 Å². The van der Waals surface area contributed by atoms with Gasteiger partial charge in [-0.1, -0.05) is 30.3 Å². The van der Waals surface area contributed by atoms with E-state index in [2.05, 4.69) is 5.32 Å².